The van der Waals surface area contributed by atoms with Crippen molar-refractivity contribution in [2.45, 2.75) is 0 Å². The molecule has 0 amide bonds. The van der Waals surface area contributed by atoms with Gasteiger partial charge in [0.25, 0.3) is 15.6 Å². The van der Waals surface area contributed by atoms with Crippen LogP contribution in [0.5, 0.6) is 0 Å². The molecule has 0 aromatic carbocycles. The minimum absolute atomic E-state index is 0. The summed E-state index contributed by atoms with van der Waals surface area (Å²) in [7, 11) is -8.24. The van der Waals surface area contributed by atoms with Crippen LogP contribution in [0, 0.1) is 0 Å². The van der Waals surface area contributed by atoms with Crippen molar-refractivity contribution in [3.63, 3.8) is 0 Å². The number of phosphoric ester groups is 2. The first-order valence-electron chi connectivity index (χ1n) is 5.88. The van der Waals surface area contributed by atoms with E-state index >= 15 is 0 Å². The molecule has 128 valence electrons. The Labute approximate surface area is 152 Å². The molecule has 23 heavy (non-hydrogen) atoms. The summed E-state index contributed by atoms with van der Waals surface area (Å²) in [5, 5.41) is 0. The van der Waals surface area contributed by atoms with Crippen LogP contribution in [-0.2, 0) is 27.2 Å². The summed E-state index contributed by atoms with van der Waals surface area (Å²) < 4.78 is 38.4. The number of hydrogen-bond acceptors (Lipinski definition) is 8. The molecule has 0 aliphatic carbocycles. The molecule has 0 aliphatic heterocycles. The van der Waals surface area contributed by atoms with E-state index in [0.717, 1.165) is 0 Å². The average molecular weight is 379 g/mol. The van der Waals surface area contributed by atoms with Crippen molar-refractivity contribution < 1.29 is 37.0 Å². The Morgan fingerprint density at radius 3 is 0.957 bits per heavy atom. The van der Waals surface area contributed by atoms with Gasteiger partial charge in [0, 0.05) is 0 Å². The molecular weight excluding hydrogens is 358 g/mol. The molecule has 0 spiro atoms. The Morgan fingerprint density at radius 1 is 0.652 bits per heavy atom. The predicted octanol–water partition coefficient (Wildman–Crippen LogP) is 1.34. The first kappa shape index (κ1) is 27.8. The molecule has 0 unspecified atom stereocenters. The molecule has 0 aromatic heterocycles. The van der Waals surface area contributed by atoms with E-state index in [1.807, 2.05) is 0 Å². The zero-order valence-corrected chi connectivity index (χ0v) is 16.0. The summed E-state index contributed by atoms with van der Waals surface area (Å²) >= 11 is 0. The van der Waals surface area contributed by atoms with Gasteiger partial charge in [0.2, 0.25) is 0 Å². The molecule has 0 heterocycles. The van der Waals surface area contributed by atoms with Crippen LogP contribution >= 0.6 is 15.6 Å². The molecule has 0 rings (SSSR count). The maximum absolute atomic E-state index is 10.6. The van der Waals surface area contributed by atoms with Gasteiger partial charge >= 0.3 is 23.1 Å². The van der Waals surface area contributed by atoms with E-state index in [2.05, 4.69) is 44.4 Å². The fourth-order valence-electron chi connectivity index (χ4n) is 0.651. The Bertz CT molecular complexity index is 369. The fourth-order valence-corrected chi connectivity index (χ4v) is 1.95. The second-order valence-corrected chi connectivity index (χ2v) is 6.05. The average Bonchev–Trinajstić information content (AvgIpc) is 2.48. The van der Waals surface area contributed by atoms with Gasteiger partial charge in [0.05, 0.1) is 26.4 Å². The first-order chi connectivity index (χ1) is 10.2. The molecule has 0 saturated heterocycles. The van der Waals surface area contributed by atoms with Crippen LogP contribution in [0.25, 0.3) is 0 Å². The Morgan fingerprint density at radius 2 is 0.826 bits per heavy atom. The summed E-state index contributed by atoms with van der Waals surface area (Å²) in [4.78, 5) is 21.3. The van der Waals surface area contributed by atoms with Crippen LogP contribution in [-0.4, -0.2) is 49.5 Å². The van der Waals surface area contributed by atoms with Crippen LogP contribution < -0.4 is 9.79 Å². The maximum atomic E-state index is 10.6. The molecule has 0 N–H and O–H groups in total. The van der Waals surface area contributed by atoms with Gasteiger partial charge in [-0.1, -0.05) is 24.3 Å². The number of rotatable bonds is 12. The molecule has 0 fully saturated rings. The second kappa shape index (κ2) is 16.8. The largest absolute Gasteiger partial charge is 2.00 e. The predicted molar refractivity (Wildman–Crippen MR) is 85.6 cm³/mol. The molecule has 11 heteroatoms. The van der Waals surface area contributed by atoms with Crippen molar-refractivity contribution in [2.24, 2.45) is 0 Å². The summed E-state index contributed by atoms with van der Waals surface area (Å²) in [6, 6.07) is 0. The van der Waals surface area contributed by atoms with Gasteiger partial charge in [0.15, 0.2) is 0 Å². The Balaban J connectivity index is -0.000000333. The third-order valence-electron chi connectivity index (χ3n) is 1.40. The SMILES string of the molecule is C=CCOP(=O)([O-])OCC=C.C=CCOP(=O)([O-])OCC=C.[Mg+2]. The van der Waals surface area contributed by atoms with Crippen molar-refractivity contribution in [1.82, 2.24) is 0 Å². The van der Waals surface area contributed by atoms with E-state index in [-0.39, 0.29) is 49.5 Å². The van der Waals surface area contributed by atoms with Gasteiger partial charge in [-0.25, -0.2) is 0 Å². The molecule has 0 bridgehead atoms. The van der Waals surface area contributed by atoms with Gasteiger partial charge in [-0.3, -0.25) is 9.13 Å². The van der Waals surface area contributed by atoms with E-state index in [0.29, 0.717) is 0 Å². The van der Waals surface area contributed by atoms with Crippen molar-refractivity contribution in [3.05, 3.63) is 50.6 Å². The zero-order chi connectivity index (χ0) is 17.5. The summed E-state index contributed by atoms with van der Waals surface area (Å²) in [5.74, 6) is 0. The van der Waals surface area contributed by atoms with Gasteiger partial charge < -0.3 is 27.9 Å². The summed E-state index contributed by atoms with van der Waals surface area (Å²) in [6.45, 7) is 12.8. The third kappa shape index (κ3) is 21.9. The minimum Gasteiger partial charge on any atom is -0.756 e. The van der Waals surface area contributed by atoms with E-state index in [1.165, 1.54) is 24.3 Å². The Hall–Kier alpha value is -0.0538. The second-order valence-electron chi connectivity index (χ2n) is 3.23. The monoisotopic (exact) mass is 378 g/mol. The molecule has 0 saturated carbocycles. The van der Waals surface area contributed by atoms with Crippen LogP contribution in [0.4, 0.5) is 0 Å². The Kier molecular flexibility index (Phi) is 20.3. The van der Waals surface area contributed by atoms with Crippen molar-refractivity contribution in [2.75, 3.05) is 26.4 Å². The van der Waals surface area contributed by atoms with Gasteiger partial charge in [-0.15, -0.1) is 26.3 Å². The van der Waals surface area contributed by atoms with E-state index in [4.69, 9.17) is 0 Å². The molecule has 0 aliphatic rings. The van der Waals surface area contributed by atoms with Crippen LogP contribution in [0.15, 0.2) is 50.6 Å². The number of hydrogen-bond donors (Lipinski definition) is 0. The van der Waals surface area contributed by atoms with Crippen LogP contribution in [0.2, 0.25) is 0 Å². The summed E-state index contributed by atoms with van der Waals surface area (Å²) in [6.07, 6.45) is 5.28. The molecule has 0 radical (unpaired) electrons. The maximum Gasteiger partial charge on any atom is 2.00 e. The molecule has 0 aromatic rings. The van der Waals surface area contributed by atoms with Gasteiger partial charge in [-0.2, -0.15) is 0 Å². The summed E-state index contributed by atoms with van der Waals surface area (Å²) in [5.41, 5.74) is 0. The van der Waals surface area contributed by atoms with Crippen molar-refractivity contribution >= 4 is 38.7 Å². The smallest absolute Gasteiger partial charge is 0.756 e. The quantitative estimate of drug-likeness (QED) is 0.284. The van der Waals surface area contributed by atoms with Crippen LogP contribution in [0.1, 0.15) is 0 Å². The molecule has 0 atom stereocenters. The normalized spacial score (nSPS) is 10.5. The standard InChI is InChI=1S/2C6H11O4P.Mg/c2*1-3-5-9-11(7,8)10-6-4-2;/h2*3-4H,1-2,5-6H2,(H,7,8);/q;;+2/p-2. The molecule has 8 nitrogen and oxygen atoms in total. The van der Waals surface area contributed by atoms with Gasteiger partial charge in [-0.05, 0) is 0 Å². The topological polar surface area (TPSA) is 117 Å². The minimum atomic E-state index is -4.12. The first-order valence-corrected chi connectivity index (χ1v) is 8.80. The molecular formula is C12H20MgO8P2. The van der Waals surface area contributed by atoms with E-state index in [9.17, 15) is 18.9 Å². The fraction of sp³-hybridized carbons (Fsp3) is 0.333. The third-order valence-corrected chi connectivity index (χ3v) is 3.26. The zero-order valence-electron chi connectivity index (χ0n) is 12.8. The van der Waals surface area contributed by atoms with Gasteiger partial charge in [0.1, 0.15) is 0 Å². The van der Waals surface area contributed by atoms with Crippen LogP contribution in [0.3, 0.4) is 0 Å². The van der Waals surface area contributed by atoms with E-state index in [1.54, 1.807) is 0 Å². The van der Waals surface area contributed by atoms with Crippen molar-refractivity contribution in [1.29, 1.82) is 0 Å². The van der Waals surface area contributed by atoms with E-state index < -0.39 is 15.6 Å². The van der Waals surface area contributed by atoms with Crippen molar-refractivity contribution in [3.8, 4) is 0 Å². The number of phosphoric acid groups is 2.